The number of hydrogen-bond donors (Lipinski definition) is 1. The molecule has 0 amide bonds. The molecule has 0 saturated heterocycles. The van der Waals surface area contributed by atoms with Gasteiger partial charge in [-0.05, 0) is 66.6 Å². The highest BCUT2D eigenvalue weighted by molar-refractivity contribution is 7.07. The van der Waals surface area contributed by atoms with E-state index in [1.54, 1.807) is 5.56 Å². The molecule has 1 aliphatic carbocycles. The largest absolute Gasteiger partial charge is 0.316 e. The first-order valence-corrected chi connectivity index (χ1v) is 7.59. The van der Waals surface area contributed by atoms with E-state index in [1.165, 1.54) is 45.2 Å². The van der Waals surface area contributed by atoms with E-state index in [2.05, 4.69) is 29.1 Å². The van der Waals surface area contributed by atoms with Crippen LogP contribution in [0, 0.1) is 5.92 Å². The lowest BCUT2D eigenvalue weighted by Gasteiger charge is -2.31. The summed E-state index contributed by atoms with van der Waals surface area (Å²) in [6, 6.07) is 2.33. The second kappa shape index (κ2) is 6.41. The molecule has 0 bridgehead atoms. The van der Waals surface area contributed by atoms with Crippen molar-refractivity contribution in [3.63, 3.8) is 0 Å². The smallest absolute Gasteiger partial charge is 0.00147 e. The van der Waals surface area contributed by atoms with Crippen LogP contribution in [-0.4, -0.2) is 13.1 Å². The predicted octanol–water partition coefficient (Wildman–Crippen LogP) is 4.02. The van der Waals surface area contributed by atoms with Crippen molar-refractivity contribution in [2.45, 2.75) is 44.9 Å². The molecule has 2 rings (SSSR count). The van der Waals surface area contributed by atoms with Gasteiger partial charge in [-0.3, -0.25) is 0 Å². The van der Waals surface area contributed by atoms with Gasteiger partial charge in [-0.25, -0.2) is 0 Å². The fourth-order valence-electron chi connectivity index (χ4n) is 2.84. The molecular formula is C14H23NS. The van der Waals surface area contributed by atoms with Crippen molar-refractivity contribution in [3.8, 4) is 0 Å². The Hall–Kier alpha value is -0.340. The summed E-state index contributed by atoms with van der Waals surface area (Å²) in [5, 5.41) is 8.17. The van der Waals surface area contributed by atoms with E-state index in [-0.39, 0.29) is 0 Å². The molecule has 1 aromatic heterocycles. The molecule has 1 fully saturated rings. The minimum atomic E-state index is 0.823. The van der Waals surface area contributed by atoms with Crippen LogP contribution in [0.3, 0.4) is 0 Å². The molecular weight excluding hydrogens is 214 g/mol. The third-order valence-electron chi connectivity index (χ3n) is 3.71. The monoisotopic (exact) mass is 237 g/mol. The van der Waals surface area contributed by atoms with E-state index in [0.717, 1.165) is 11.8 Å². The first-order chi connectivity index (χ1) is 7.92. The summed E-state index contributed by atoms with van der Waals surface area (Å²) in [5.41, 5.74) is 1.59. The molecule has 1 saturated carbocycles. The number of hydrogen-bond acceptors (Lipinski definition) is 2. The standard InChI is InChI=1S/C14H23NS/c1-2-8-15-10-12-5-3-4-6-14(12)13-7-9-16-11-13/h7,9,11-12,14-15H,2-6,8,10H2,1H3. The fourth-order valence-corrected chi connectivity index (χ4v) is 3.57. The fraction of sp³-hybridized carbons (Fsp3) is 0.714. The maximum absolute atomic E-state index is 3.60. The van der Waals surface area contributed by atoms with Crippen LogP contribution < -0.4 is 5.32 Å². The third-order valence-corrected chi connectivity index (χ3v) is 4.42. The second-order valence-corrected chi connectivity index (χ2v) is 5.69. The van der Waals surface area contributed by atoms with Gasteiger partial charge in [0.15, 0.2) is 0 Å². The summed E-state index contributed by atoms with van der Waals surface area (Å²) in [7, 11) is 0. The minimum absolute atomic E-state index is 0.823. The van der Waals surface area contributed by atoms with Gasteiger partial charge in [0.2, 0.25) is 0 Å². The van der Waals surface area contributed by atoms with Crippen LogP contribution in [0.5, 0.6) is 0 Å². The van der Waals surface area contributed by atoms with Gasteiger partial charge in [-0.2, -0.15) is 11.3 Å². The number of rotatable bonds is 5. The van der Waals surface area contributed by atoms with Crippen LogP contribution in [0.1, 0.15) is 50.5 Å². The van der Waals surface area contributed by atoms with E-state index in [1.807, 2.05) is 11.3 Å². The molecule has 1 N–H and O–H groups in total. The van der Waals surface area contributed by atoms with Gasteiger partial charge < -0.3 is 5.32 Å². The van der Waals surface area contributed by atoms with E-state index in [9.17, 15) is 0 Å². The molecule has 2 heteroatoms. The van der Waals surface area contributed by atoms with Crippen LogP contribution >= 0.6 is 11.3 Å². The Bertz CT molecular complexity index is 281. The Morgan fingerprint density at radius 3 is 3.00 bits per heavy atom. The van der Waals surface area contributed by atoms with Gasteiger partial charge in [0.1, 0.15) is 0 Å². The molecule has 16 heavy (non-hydrogen) atoms. The Kier molecular flexibility index (Phi) is 4.86. The zero-order valence-corrected chi connectivity index (χ0v) is 11.1. The molecule has 0 spiro atoms. The highest BCUT2D eigenvalue weighted by Crippen LogP contribution is 2.38. The highest BCUT2D eigenvalue weighted by atomic mass is 32.1. The number of thiophene rings is 1. The zero-order valence-electron chi connectivity index (χ0n) is 10.2. The van der Waals surface area contributed by atoms with Gasteiger partial charge >= 0.3 is 0 Å². The van der Waals surface area contributed by atoms with Crippen molar-refractivity contribution >= 4 is 11.3 Å². The molecule has 1 aromatic rings. The summed E-state index contributed by atoms with van der Waals surface area (Å²) >= 11 is 1.84. The Morgan fingerprint density at radius 1 is 1.38 bits per heavy atom. The minimum Gasteiger partial charge on any atom is -0.316 e. The molecule has 0 radical (unpaired) electrons. The van der Waals surface area contributed by atoms with Crippen molar-refractivity contribution in [1.82, 2.24) is 5.32 Å². The van der Waals surface area contributed by atoms with Crippen LogP contribution in [0.4, 0.5) is 0 Å². The molecule has 0 aliphatic heterocycles. The quantitative estimate of drug-likeness (QED) is 0.763. The molecule has 2 atom stereocenters. The van der Waals surface area contributed by atoms with Crippen LogP contribution in [0.25, 0.3) is 0 Å². The van der Waals surface area contributed by atoms with E-state index >= 15 is 0 Å². The van der Waals surface area contributed by atoms with Crippen LogP contribution in [-0.2, 0) is 0 Å². The van der Waals surface area contributed by atoms with Gasteiger partial charge in [0.25, 0.3) is 0 Å². The van der Waals surface area contributed by atoms with Crippen molar-refractivity contribution in [2.75, 3.05) is 13.1 Å². The lowest BCUT2D eigenvalue weighted by atomic mass is 9.76. The van der Waals surface area contributed by atoms with Gasteiger partial charge in [-0.1, -0.05) is 19.8 Å². The molecule has 1 heterocycles. The lowest BCUT2D eigenvalue weighted by molar-refractivity contribution is 0.296. The summed E-state index contributed by atoms with van der Waals surface area (Å²) < 4.78 is 0. The normalized spacial score (nSPS) is 25.8. The van der Waals surface area contributed by atoms with Crippen molar-refractivity contribution in [3.05, 3.63) is 22.4 Å². The summed E-state index contributed by atoms with van der Waals surface area (Å²) in [6.07, 6.45) is 6.91. The third kappa shape index (κ3) is 3.08. The summed E-state index contributed by atoms with van der Waals surface area (Å²) in [5.74, 6) is 1.69. The van der Waals surface area contributed by atoms with Crippen LogP contribution in [0.2, 0.25) is 0 Å². The molecule has 1 aliphatic rings. The van der Waals surface area contributed by atoms with Gasteiger partial charge in [0.05, 0.1) is 0 Å². The highest BCUT2D eigenvalue weighted by Gasteiger charge is 2.26. The number of nitrogens with one attached hydrogen (secondary N) is 1. The average molecular weight is 237 g/mol. The van der Waals surface area contributed by atoms with Crippen LogP contribution in [0.15, 0.2) is 16.8 Å². The predicted molar refractivity (Wildman–Crippen MR) is 72.2 cm³/mol. The lowest BCUT2D eigenvalue weighted by Crippen LogP contribution is -2.29. The maximum atomic E-state index is 3.60. The Morgan fingerprint density at radius 2 is 2.25 bits per heavy atom. The zero-order chi connectivity index (χ0) is 11.2. The topological polar surface area (TPSA) is 12.0 Å². The Balaban J connectivity index is 1.92. The molecule has 2 unspecified atom stereocenters. The van der Waals surface area contributed by atoms with Gasteiger partial charge in [-0.15, -0.1) is 0 Å². The van der Waals surface area contributed by atoms with E-state index in [4.69, 9.17) is 0 Å². The molecule has 0 aromatic carbocycles. The first kappa shape index (κ1) is 12.1. The average Bonchev–Trinajstić information content (AvgIpc) is 2.83. The maximum Gasteiger partial charge on any atom is -0.00147 e. The van der Waals surface area contributed by atoms with Crippen molar-refractivity contribution in [1.29, 1.82) is 0 Å². The molecule has 90 valence electrons. The second-order valence-electron chi connectivity index (χ2n) is 4.91. The summed E-state index contributed by atoms with van der Waals surface area (Å²) in [4.78, 5) is 0. The molecule has 1 nitrogen and oxygen atoms in total. The van der Waals surface area contributed by atoms with E-state index in [0.29, 0.717) is 0 Å². The first-order valence-electron chi connectivity index (χ1n) is 6.64. The van der Waals surface area contributed by atoms with Crippen molar-refractivity contribution in [2.24, 2.45) is 5.92 Å². The van der Waals surface area contributed by atoms with E-state index < -0.39 is 0 Å². The summed E-state index contributed by atoms with van der Waals surface area (Å²) in [6.45, 7) is 4.63. The van der Waals surface area contributed by atoms with Gasteiger partial charge in [0, 0.05) is 0 Å². The Labute approximate surface area is 103 Å². The SMILES string of the molecule is CCCNCC1CCCCC1c1ccsc1. The van der Waals surface area contributed by atoms with Crippen molar-refractivity contribution < 1.29 is 0 Å².